The number of hydrogen-bond donors (Lipinski definition) is 0. The van der Waals surface area contributed by atoms with Gasteiger partial charge in [-0.2, -0.15) is 0 Å². The average molecular weight is 818 g/mol. The summed E-state index contributed by atoms with van der Waals surface area (Å²) in [4.78, 5) is 2.48. The van der Waals surface area contributed by atoms with Crippen molar-refractivity contribution in [2.45, 2.75) is 44.4 Å². The highest BCUT2D eigenvalue weighted by Gasteiger charge is 2.37. The Morgan fingerprint density at radius 1 is 0.422 bits per heavy atom. The monoisotopic (exact) mass is 817 g/mol. The van der Waals surface area contributed by atoms with Gasteiger partial charge in [-0.1, -0.05) is 197 Å². The summed E-state index contributed by atoms with van der Waals surface area (Å²) < 4.78 is 0. The van der Waals surface area contributed by atoms with Gasteiger partial charge in [-0.3, -0.25) is 0 Å². The summed E-state index contributed by atoms with van der Waals surface area (Å²) in [5.74, 6) is 0.537. The smallest absolute Gasteiger partial charge is 0.0540 e. The predicted octanol–water partition coefficient (Wildman–Crippen LogP) is 17.4. The number of anilines is 3. The summed E-state index contributed by atoms with van der Waals surface area (Å²) >= 11 is 0. The molecular formula is C63H47N. The molecule has 12 aromatic carbocycles. The van der Waals surface area contributed by atoms with Gasteiger partial charge >= 0.3 is 0 Å². The fourth-order valence-corrected chi connectivity index (χ4v) is 11.8. The molecule has 0 saturated carbocycles. The lowest BCUT2D eigenvalue weighted by Crippen LogP contribution is -2.18. The van der Waals surface area contributed by atoms with Crippen LogP contribution in [0, 0.1) is 0 Å². The second-order valence-electron chi connectivity index (χ2n) is 18.9. The number of hydrogen-bond acceptors (Lipinski definition) is 1. The molecule has 2 atom stereocenters. The molecular weight excluding hydrogens is 771 g/mol. The maximum absolute atomic E-state index is 2.56. The molecule has 0 saturated heterocycles. The van der Waals surface area contributed by atoms with Crippen LogP contribution >= 0.6 is 0 Å². The van der Waals surface area contributed by atoms with Crippen molar-refractivity contribution in [2.24, 2.45) is 0 Å². The van der Waals surface area contributed by atoms with Gasteiger partial charge in [-0.25, -0.2) is 0 Å². The summed E-state index contributed by atoms with van der Waals surface area (Å²) in [7, 11) is 0. The lowest BCUT2D eigenvalue weighted by molar-refractivity contribution is 0.573. The van der Waals surface area contributed by atoms with E-state index in [1.807, 2.05) is 0 Å². The zero-order valence-corrected chi connectivity index (χ0v) is 36.4. The van der Waals surface area contributed by atoms with Crippen LogP contribution in [-0.2, 0) is 11.8 Å². The van der Waals surface area contributed by atoms with Crippen LogP contribution in [-0.4, -0.2) is 0 Å². The van der Waals surface area contributed by atoms with E-state index in [0.717, 1.165) is 12.1 Å². The molecule has 1 nitrogen and oxygen atoms in total. The molecule has 2 unspecified atom stereocenters. The van der Waals surface area contributed by atoms with Crippen LogP contribution in [0.3, 0.4) is 0 Å². The van der Waals surface area contributed by atoms with Crippen molar-refractivity contribution >= 4 is 81.7 Å². The molecule has 0 N–H and O–H groups in total. The Morgan fingerprint density at radius 2 is 0.938 bits per heavy atom. The zero-order valence-electron chi connectivity index (χ0n) is 36.4. The average Bonchev–Trinajstić information content (AvgIpc) is 3.57. The molecule has 1 heteroatoms. The van der Waals surface area contributed by atoms with E-state index in [2.05, 4.69) is 232 Å². The molecule has 1 aliphatic rings. The number of fused-ring (bicyclic) bond motifs is 3. The third-order valence-corrected chi connectivity index (χ3v) is 15.1. The molecule has 0 spiro atoms. The minimum absolute atomic E-state index is 0.205. The van der Waals surface area contributed by atoms with Crippen LogP contribution in [0.1, 0.15) is 60.4 Å². The summed E-state index contributed by atoms with van der Waals surface area (Å²) in [6.07, 6.45) is 0.967. The zero-order chi connectivity index (χ0) is 42.7. The first-order valence-corrected chi connectivity index (χ1v) is 22.9. The van der Waals surface area contributed by atoms with Gasteiger partial charge in [0, 0.05) is 22.2 Å². The fraction of sp³-hybridized carbons (Fsp3) is 0.111. The van der Waals surface area contributed by atoms with Gasteiger partial charge in [0.15, 0.2) is 0 Å². The van der Waals surface area contributed by atoms with E-state index >= 15 is 0 Å². The largest absolute Gasteiger partial charge is 0.310 e. The van der Waals surface area contributed by atoms with E-state index in [1.165, 1.54) is 115 Å². The van der Waals surface area contributed by atoms with Gasteiger partial charge < -0.3 is 4.90 Å². The SMILES string of the molecule is CC(c1ccc2c(c1)C(C)(C)c1cc(N(c3ccccc3)c3ccc4ccc5cccc6ccc3c4c56)ccc1-2)C(Cc1ccccc1)c1ccc2ccc3cccc4ccc1c2c34. The molecule has 13 rings (SSSR count). The van der Waals surface area contributed by atoms with Gasteiger partial charge in [-0.15, -0.1) is 0 Å². The van der Waals surface area contributed by atoms with Crippen LogP contribution < -0.4 is 4.90 Å². The van der Waals surface area contributed by atoms with E-state index in [-0.39, 0.29) is 17.3 Å². The molecule has 0 bridgehead atoms. The molecule has 0 amide bonds. The van der Waals surface area contributed by atoms with E-state index in [0.29, 0.717) is 0 Å². The molecule has 64 heavy (non-hydrogen) atoms. The van der Waals surface area contributed by atoms with Crippen molar-refractivity contribution in [1.82, 2.24) is 0 Å². The molecule has 0 fully saturated rings. The van der Waals surface area contributed by atoms with Gasteiger partial charge in [0.05, 0.1) is 5.69 Å². The normalized spacial score (nSPS) is 14.2. The number of para-hydroxylation sites is 1. The highest BCUT2D eigenvalue weighted by Crippen LogP contribution is 2.53. The van der Waals surface area contributed by atoms with Crippen LogP contribution in [0.5, 0.6) is 0 Å². The van der Waals surface area contributed by atoms with Crippen molar-refractivity contribution in [3.8, 4) is 11.1 Å². The third kappa shape index (κ3) is 5.50. The van der Waals surface area contributed by atoms with Crippen molar-refractivity contribution in [2.75, 3.05) is 4.90 Å². The van der Waals surface area contributed by atoms with Crippen molar-refractivity contribution in [3.05, 3.63) is 234 Å². The van der Waals surface area contributed by atoms with Gasteiger partial charge in [0.25, 0.3) is 0 Å². The number of rotatable bonds is 8. The van der Waals surface area contributed by atoms with Crippen LogP contribution in [0.4, 0.5) is 17.1 Å². The lowest BCUT2D eigenvalue weighted by Gasteiger charge is -2.30. The molecule has 0 heterocycles. The molecule has 0 radical (unpaired) electrons. The van der Waals surface area contributed by atoms with Crippen molar-refractivity contribution in [1.29, 1.82) is 0 Å². The Bertz CT molecular complexity index is 3720. The van der Waals surface area contributed by atoms with Crippen LogP contribution in [0.2, 0.25) is 0 Å². The van der Waals surface area contributed by atoms with Gasteiger partial charge in [-0.05, 0) is 147 Å². The predicted molar refractivity (Wildman–Crippen MR) is 274 cm³/mol. The highest BCUT2D eigenvalue weighted by molar-refractivity contribution is 6.26. The van der Waals surface area contributed by atoms with E-state index in [1.54, 1.807) is 0 Å². The molecule has 0 aromatic heterocycles. The van der Waals surface area contributed by atoms with E-state index in [4.69, 9.17) is 0 Å². The molecule has 0 aliphatic heterocycles. The Labute approximate surface area is 374 Å². The maximum Gasteiger partial charge on any atom is 0.0540 e. The van der Waals surface area contributed by atoms with Crippen LogP contribution in [0.15, 0.2) is 206 Å². The topological polar surface area (TPSA) is 3.24 Å². The third-order valence-electron chi connectivity index (χ3n) is 15.1. The van der Waals surface area contributed by atoms with Crippen LogP contribution in [0.25, 0.3) is 75.8 Å². The van der Waals surface area contributed by atoms with Gasteiger partial charge in [0.1, 0.15) is 0 Å². The Kier molecular flexibility index (Phi) is 8.13. The number of benzene rings is 12. The Balaban J connectivity index is 0.925. The highest BCUT2D eigenvalue weighted by atomic mass is 15.1. The molecule has 1 aliphatic carbocycles. The van der Waals surface area contributed by atoms with E-state index in [9.17, 15) is 0 Å². The first-order valence-electron chi connectivity index (χ1n) is 22.9. The molecule has 12 aromatic rings. The standard InChI is InChI=1S/C63H47N/c1-39(55(36-40-12-6-4-7-13-40)50-30-24-45-22-20-41-14-10-16-43-25-32-53(50)61(45)59(41)43)47-27-31-51-52-34-29-49(38-57(52)63(2,3)56(51)37-47)64(48-18-8-5-9-19-48)58-35-28-46-23-21-42-15-11-17-44-26-33-54(58)62(46)60(42)44/h4-35,37-39,55H,36H2,1-3H3. The summed E-state index contributed by atoms with van der Waals surface area (Å²) in [6, 6.07) is 77.9. The first-order chi connectivity index (χ1) is 31.4. The molecule has 304 valence electrons. The second-order valence-corrected chi connectivity index (χ2v) is 18.9. The van der Waals surface area contributed by atoms with Crippen molar-refractivity contribution < 1.29 is 0 Å². The second kappa shape index (κ2) is 14.0. The van der Waals surface area contributed by atoms with E-state index < -0.39 is 0 Å². The summed E-state index contributed by atoms with van der Waals surface area (Å²) in [5.41, 5.74) is 13.0. The quantitative estimate of drug-likeness (QED) is 0.138. The first kappa shape index (κ1) is 37.1. The lowest BCUT2D eigenvalue weighted by atomic mass is 9.75. The maximum atomic E-state index is 2.56. The Hall–Kier alpha value is -7.48. The van der Waals surface area contributed by atoms with Gasteiger partial charge in [0.2, 0.25) is 0 Å². The number of nitrogens with zero attached hydrogens (tertiary/aromatic N) is 1. The minimum Gasteiger partial charge on any atom is -0.310 e. The summed E-state index contributed by atoms with van der Waals surface area (Å²) in [6.45, 7) is 7.33. The van der Waals surface area contributed by atoms with Crippen molar-refractivity contribution in [3.63, 3.8) is 0 Å². The fourth-order valence-electron chi connectivity index (χ4n) is 11.8. The summed E-state index contributed by atoms with van der Waals surface area (Å²) in [5, 5.41) is 15.9. The minimum atomic E-state index is -0.205. The Morgan fingerprint density at radius 3 is 1.59 bits per heavy atom.